The lowest BCUT2D eigenvalue weighted by Gasteiger charge is -2.02. The molecule has 3 heteroatoms. The molecule has 0 fully saturated rings. The van der Waals surface area contributed by atoms with E-state index < -0.39 is 0 Å². The smallest absolute Gasteiger partial charge is 0.0880 e. The monoisotopic (exact) mass is 297 g/mol. The van der Waals surface area contributed by atoms with Crippen molar-refractivity contribution in [2.75, 3.05) is 5.43 Å². The molecule has 23 heavy (non-hydrogen) atoms. The van der Waals surface area contributed by atoms with E-state index in [0.717, 1.165) is 16.8 Å². The number of benzene rings is 4. The van der Waals surface area contributed by atoms with Crippen LogP contribution in [0.5, 0.6) is 0 Å². The second-order valence-electron chi connectivity index (χ2n) is 5.41. The first-order valence-electron chi connectivity index (χ1n) is 7.53. The van der Waals surface area contributed by atoms with Crippen LogP contribution < -0.4 is 5.43 Å². The summed E-state index contributed by atoms with van der Waals surface area (Å²) < 4.78 is 0. The first-order valence-corrected chi connectivity index (χ1v) is 7.53. The third kappa shape index (κ3) is 2.90. The molecule has 0 amide bonds. The van der Waals surface area contributed by atoms with E-state index in [0.29, 0.717) is 0 Å². The van der Waals surface area contributed by atoms with Crippen molar-refractivity contribution >= 4 is 32.9 Å². The van der Waals surface area contributed by atoms with Gasteiger partial charge in [-0.05, 0) is 45.8 Å². The number of fused-ring (bicyclic) bond motifs is 2. The van der Waals surface area contributed by atoms with Crippen LogP contribution in [0.2, 0.25) is 0 Å². The predicted octanol–water partition coefficient (Wildman–Crippen LogP) is 6.10. The number of anilines is 1. The van der Waals surface area contributed by atoms with E-state index in [4.69, 9.17) is 0 Å². The largest absolute Gasteiger partial charge is 0.260 e. The van der Waals surface area contributed by atoms with Crippen molar-refractivity contribution in [1.29, 1.82) is 0 Å². The highest BCUT2D eigenvalue weighted by molar-refractivity contribution is 5.86. The molecule has 0 aliphatic heterocycles. The van der Waals surface area contributed by atoms with Crippen molar-refractivity contribution in [3.05, 3.63) is 84.9 Å². The van der Waals surface area contributed by atoms with Crippen LogP contribution in [0.25, 0.3) is 21.5 Å². The van der Waals surface area contributed by atoms with Crippen LogP contribution in [0.4, 0.5) is 11.4 Å². The normalized spacial score (nSPS) is 11.3. The highest BCUT2D eigenvalue weighted by Gasteiger charge is 1.96. The second kappa shape index (κ2) is 5.89. The minimum atomic E-state index is 0.831. The molecule has 0 saturated heterocycles. The van der Waals surface area contributed by atoms with E-state index in [-0.39, 0.29) is 0 Å². The average Bonchev–Trinajstić information content (AvgIpc) is 2.61. The van der Waals surface area contributed by atoms with Crippen molar-refractivity contribution < 1.29 is 0 Å². The Morgan fingerprint density at radius 3 is 1.91 bits per heavy atom. The SMILES string of the molecule is c1ccc2cc(/N=N/Nc3ccc4ccccc4c3)ccc2c1. The van der Waals surface area contributed by atoms with E-state index in [2.05, 4.69) is 58.2 Å². The fraction of sp³-hybridized carbons (Fsp3) is 0. The molecule has 110 valence electrons. The molecule has 0 radical (unpaired) electrons. The van der Waals surface area contributed by atoms with Crippen LogP contribution in [-0.2, 0) is 0 Å². The van der Waals surface area contributed by atoms with E-state index in [1.807, 2.05) is 42.5 Å². The lowest BCUT2D eigenvalue weighted by atomic mass is 10.1. The Hall–Kier alpha value is -3.20. The van der Waals surface area contributed by atoms with Gasteiger partial charge in [-0.1, -0.05) is 65.9 Å². The summed E-state index contributed by atoms with van der Waals surface area (Å²) in [6.07, 6.45) is 0. The Balaban J connectivity index is 1.55. The summed E-state index contributed by atoms with van der Waals surface area (Å²) >= 11 is 0. The maximum atomic E-state index is 4.25. The van der Waals surface area contributed by atoms with Gasteiger partial charge in [0, 0.05) is 0 Å². The molecule has 0 unspecified atom stereocenters. The Kier molecular flexibility index (Phi) is 3.45. The molecule has 4 rings (SSSR count). The van der Waals surface area contributed by atoms with Gasteiger partial charge in [0.2, 0.25) is 0 Å². The van der Waals surface area contributed by atoms with Gasteiger partial charge < -0.3 is 0 Å². The van der Waals surface area contributed by atoms with Crippen LogP contribution in [0.15, 0.2) is 95.3 Å². The van der Waals surface area contributed by atoms with Crippen LogP contribution in [-0.4, -0.2) is 0 Å². The molecule has 0 atom stereocenters. The lowest BCUT2D eigenvalue weighted by molar-refractivity contribution is 1.13. The summed E-state index contributed by atoms with van der Waals surface area (Å²) in [6, 6.07) is 28.7. The molecule has 0 saturated carbocycles. The maximum absolute atomic E-state index is 4.25. The second-order valence-corrected chi connectivity index (χ2v) is 5.41. The highest BCUT2D eigenvalue weighted by atomic mass is 15.4. The quantitative estimate of drug-likeness (QED) is 0.360. The van der Waals surface area contributed by atoms with Crippen molar-refractivity contribution in [1.82, 2.24) is 0 Å². The van der Waals surface area contributed by atoms with Crippen molar-refractivity contribution in [3.63, 3.8) is 0 Å². The summed E-state index contributed by atoms with van der Waals surface area (Å²) in [5.74, 6) is 0. The summed E-state index contributed by atoms with van der Waals surface area (Å²) in [5.41, 5.74) is 4.75. The molecule has 4 aromatic rings. The molecule has 0 aliphatic rings. The fourth-order valence-electron chi connectivity index (χ4n) is 2.64. The third-order valence-electron chi connectivity index (χ3n) is 3.83. The first kappa shape index (κ1) is 13.5. The summed E-state index contributed by atoms with van der Waals surface area (Å²) in [7, 11) is 0. The van der Waals surface area contributed by atoms with Gasteiger partial charge in [0.1, 0.15) is 0 Å². The highest BCUT2D eigenvalue weighted by Crippen LogP contribution is 2.22. The lowest BCUT2D eigenvalue weighted by Crippen LogP contribution is -1.86. The Morgan fingerprint density at radius 2 is 1.17 bits per heavy atom. The number of nitrogens with one attached hydrogen (secondary N) is 1. The van der Waals surface area contributed by atoms with Gasteiger partial charge in [-0.2, -0.15) is 0 Å². The third-order valence-corrected chi connectivity index (χ3v) is 3.83. The van der Waals surface area contributed by atoms with Crippen LogP contribution >= 0.6 is 0 Å². The van der Waals surface area contributed by atoms with Crippen LogP contribution in [0.1, 0.15) is 0 Å². The molecule has 1 N–H and O–H groups in total. The minimum Gasteiger partial charge on any atom is -0.260 e. The molecular formula is C20H15N3. The Bertz CT molecular complexity index is 1010. The van der Waals surface area contributed by atoms with Gasteiger partial charge in [0.15, 0.2) is 0 Å². The zero-order valence-corrected chi connectivity index (χ0v) is 12.5. The molecule has 4 aromatic carbocycles. The number of hydrogen-bond acceptors (Lipinski definition) is 2. The number of hydrogen-bond donors (Lipinski definition) is 1. The minimum absolute atomic E-state index is 0.831. The van der Waals surface area contributed by atoms with Crippen molar-refractivity contribution in [2.45, 2.75) is 0 Å². The van der Waals surface area contributed by atoms with Gasteiger partial charge in [-0.3, -0.25) is 5.43 Å². The molecule has 0 aliphatic carbocycles. The van der Waals surface area contributed by atoms with Gasteiger partial charge in [0.05, 0.1) is 11.4 Å². The maximum Gasteiger partial charge on any atom is 0.0880 e. The predicted molar refractivity (Wildman–Crippen MR) is 96.0 cm³/mol. The summed E-state index contributed by atoms with van der Waals surface area (Å²) in [5, 5.41) is 13.1. The topological polar surface area (TPSA) is 36.8 Å². The Morgan fingerprint density at radius 1 is 0.565 bits per heavy atom. The van der Waals surface area contributed by atoms with E-state index in [1.54, 1.807) is 0 Å². The van der Waals surface area contributed by atoms with E-state index >= 15 is 0 Å². The van der Waals surface area contributed by atoms with Gasteiger partial charge in [-0.25, -0.2) is 0 Å². The molecular weight excluding hydrogens is 282 g/mol. The van der Waals surface area contributed by atoms with E-state index in [1.165, 1.54) is 16.2 Å². The number of nitrogens with zero attached hydrogens (tertiary/aromatic N) is 2. The van der Waals surface area contributed by atoms with Crippen LogP contribution in [0, 0.1) is 0 Å². The number of rotatable bonds is 3. The first-order chi connectivity index (χ1) is 11.4. The Labute approximate surface area is 134 Å². The summed E-state index contributed by atoms with van der Waals surface area (Å²) in [4.78, 5) is 0. The van der Waals surface area contributed by atoms with Gasteiger partial charge in [0.25, 0.3) is 0 Å². The molecule has 0 spiro atoms. The average molecular weight is 297 g/mol. The summed E-state index contributed by atoms with van der Waals surface area (Å²) in [6.45, 7) is 0. The zero-order chi connectivity index (χ0) is 15.5. The van der Waals surface area contributed by atoms with E-state index in [9.17, 15) is 0 Å². The molecule has 0 aromatic heterocycles. The van der Waals surface area contributed by atoms with Gasteiger partial charge in [-0.15, -0.1) is 5.11 Å². The van der Waals surface area contributed by atoms with Gasteiger partial charge >= 0.3 is 0 Å². The fourth-order valence-corrected chi connectivity index (χ4v) is 2.64. The van der Waals surface area contributed by atoms with Crippen molar-refractivity contribution in [2.24, 2.45) is 10.3 Å². The van der Waals surface area contributed by atoms with Crippen LogP contribution in [0.3, 0.4) is 0 Å². The van der Waals surface area contributed by atoms with Crippen molar-refractivity contribution in [3.8, 4) is 0 Å². The zero-order valence-electron chi connectivity index (χ0n) is 12.5. The molecule has 3 nitrogen and oxygen atoms in total. The molecule has 0 bridgehead atoms. The standard InChI is InChI=1S/C20H15N3/c1-3-7-17-13-19(11-9-15(17)5-1)21-23-22-20-12-10-16-6-2-4-8-18(16)14-20/h1-14H,(H,21,22). The molecule has 0 heterocycles.